The Hall–Kier alpha value is -2.04. The van der Waals surface area contributed by atoms with Gasteiger partial charge in [0.25, 0.3) is 0 Å². The number of guanidine groups is 1. The number of carboxylic acids is 1. The van der Waals surface area contributed by atoms with E-state index >= 15 is 0 Å². The van der Waals surface area contributed by atoms with Gasteiger partial charge in [0, 0.05) is 5.69 Å². The number of anilines is 1. The minimum Gasteiger partial charge on any atom is -0.480 e. The van der Waals surface area contributed by atoms with Crippen LogP contribution in [0.15, 0.2) is 30.3 Å². The molecular formula is C9H11N3O2. The fourth-order valence-electron chi connectivity index (χ4n) is 1.06. The molecule has 74 valence electrons. The van der Waals surface area contributed by atoms with Crippen LogP contribution in [-0.2, 0) is 4.79 Å². The highest BCUT2D eigenvalue weighted by atomic mass is 16.4. The summed E-state index contributed by atoms with van der Waals surface area (Å²) in [7, 11) is 0. The topological polar surface area (TPSA) is 90.4 Å². The van der Waals surface area contributed by atoms with Gasteiger partial charge in [0.05, 0.1) is 0 Å². The van der Waals surface area contributed by atoms with Crippen molar-refractivity contribution in [1.82, 2.24) is 0 Å². The summed E-state index contributed by atoms with van der Waals surface area (Å²) in [5.74, 6) is -1.30. The standard InChI is InChI=1S/C9H11N3O2/c10-9(11)12(6-8(13)14)7-4-2-1-3-5-7/h1-5H,6H2,(H3,10,11)(H,13,14). The molecule has 1 aromatic rings. The Morgan fingerprint density at radius 3 is 2.43 bits per heavy atom. The van der Waals surface area contributed by atoms with Crippen LogP contribution in [0.3, 0.4) is 0 Å². The van der Waals surface area contributed by atoms with Crippen LogP contribution < -0.4 is 10.6 Å². The Kier molecular flexibility index (Phi) is 3.06. The van der Waals surface area contributed by atoms with Crippen molar-refractivity contribution < 1.29 is 9.90 Å². The number of para-hydroxylation sites is 1. The Morgan fingerprint density at radius 1 is 1.43 bits per heavy atom. The van der Waals surface area contributed by atoms with Gasteiger partial charge in [-0.25, -0.2) is 0 Å². The lowest BCUT2D eigenvalue weighted by Crippen LogP contribution is -2.40. The molecule has 1 aromatic carbocycles. The lowest BCUT2D eigenvalue weighted by molar-refractivity contribution is -0.135. The molecule has 1 rings (SSSR count). The van der Waals surface area contributed by atoms with Crippen molar-refractivity contribution in [3.05, 3.63) is 30.3 Å². The number of aliphatic carboxylic acids is 1. The van der Waals surface area contributed by atoms with Gasteiger partial charge < -0.3 is 15.7 Å². The van der Waals surface area contributed by atoms with E-state index in [1.165, 1.54) is 4.90 Å². The number of carbonyl (C=O) groups is 1. The Labute approximate surface area is 81.3 Å². The SMILES string of the molecule is N=C(N)N(CC(=O)O)c1ccccc1. The third kappa shape index (κ3) is 2.48. The first kappa shape index (κ1) is 10.0. The average molecular weight is 193 g/mol. The van der Waals surface area contributed by atoms with Crippen LogP contribution in [0, 0.1) is 5.41 Å². The number of nitrogens with zero attached hydrogens (tertiary/aromatic N) is 1. The van der Waals surface area contributed by atoms with Gasteiger partial charge in [0.2, 0.25) is 0 Å². The minimum atomic E-state index is -1.02. The second-order valence-electron chi connectivity index (χ2n) is 2.70. The first-order chi connectivity index (χ1) is 6.61. The molecule has 0 aromatic heterocycles. The van der Waals surface area contributed by atoms with Gasteiger partial charge in [0.1, 0.15) is 6.54 Å². The van der Waals surface area contributed by atoms with Crippen LogP contribution in [0.25, 0.3) is 0 Å². The van der Waals surface area contributed by atoms with Crippen molar-refractivity contribution >= 4 is 17.6 Å². The zero-order valence-corrected chi connectivity index (χ0v) is 7.47. The first-order valence-corrected chi connectivity index (χ1v) is 3.99. The summed E-state index contributed by atoms with van der Waals surface area (Å²) in [5, 5.41) is 15.8. The predicted octanol–water partition coefficient (Wildman–Crippen LogP) is 0.471. The molecule has 0 aliphatic rings. The highest BCUT2D eigenvalue weighted by molar-refractivity contribution is 5.96. The Balaban J connectivity index is 2.89. The van der Waals surface area contributed by atoms with Crippen molar-refractivity contribution in [3.63, 3.8) is 0 Å². The molecule has 5 nitrogen and oxygen atoms in total. The van der Waals surface area contributed by atoms with Crippen LogP contribution in [0.4, 0.5) is 5.69 Å². The van der Waals surface area contributed by atoms with E-state index in [9.17, 15) is 4.79 Å². The zero-order valence-electron chi connectivity index (χ0n) is 7.47. The largest absolute Gasteiger partial charge is 0.480 e. The van der Waals surface area contributed by atoms with Gasteiger partial charge in [0.15, 0.2) is 5.96 Å². The number of benzene rings is 1. The van der Waals surface area contributed by atoms with E-state index in [1.807, 2.05) is 6.07 Å². The molecule has 0 bridgehead atoms. The molecule has 0 spiro atoms. The van der Waals surface area contributed by atoms with Crippen molar-refractivity contribution in [2.75, 3.05) is 11.4 Å². The summed E-state index contributed by atoms with van der Waals surface area (Å²) >= 11 is 0. The molecule has 0 amide bonds. The lowest BCUT2D eigenvalue weighted by atomic mass is 10.3. The van der Waals surface area contributed by atoms with Gasteiger partial charge in [-0.15, -0.1) is 0 Å². The van der Waals surface area contributed by atoms with E-state index in [2.05, 4.69) is 0 Å². The maximum atomic E-state index is 10.5. The van der Waals surface area contributed by atoms with Crippen LogP contribution in [0.2, 0.25) is 0 Å². The molecule has 0 atom stereocenters. The lowest BCUT2D eigenvalue weighted by Gasteiger charge is -2.20. The predicted molar refractivity (Wildman–Crippen MR) is 53.3 cm³/mol. The number of nitrogens with two attached hydrogens (primary N) is 1. The third-order valence-electron chi connectivity index (χ3n) is 1.65. The summed E-state index contributed by atoms with van der Waals surface area (Å²) in [6, 6.07) is 8.72. The number of hydrogen-bond acceptors (Lipinski definition) is 2. The van der Waals surface area contributed by atoms with E-state index in [-0.39, 0.29) is 12.5 Å². The summed E-state index contributed by atoms with van der Waals surface area (Å²) in [6.45, 7) is -0.306. The number of nitrogens with one attached hydrogen (secondary N) is 1. The molecular weight excluding hydrogens is 182 g/mol. The molecule has 0 aliphatic heterocycles. The van der Waals surface area contributed by atoms with E-state index < -0.39 is 5.97 Å². The third-order valence-corrected chi connectivity index (χ3v) is 1.65. The smallest absolute Gasteiger partial charge is 0.323 e. The summed E-state index contributed by atoms with van der Waals surface area (Å²) in [4.78, 5) is 11.7. The molecule has 0 fully saturated rings. The van der Waals surface area contributed by atoms with Crippen molar-refractivity contribution in [2.45, 2.75) is 0 Å². The monoisotopic (exact) mass is 193 g/mol. The van der Waals surface area contributed by atoms with E-state index in [0.29, 0.717) is 5.69 Å². The second-order valence-corrected chi connectivity index (χ2v) is 2.70. The maximum absolute atomic E-state index is 10.5. The molecule has 5 heteroatoms. The van der Waals surface area contributed by atoms with Gasteiger partial charge in [-0.2, -0.15) is 0 Å². The number of rotatable bonds is 3. The maximum Gasteiger partial charge on any atom is 0.323 e. The van der Waals surface area contributed by atoms with Crippen LogP contribution in [0.5, 0.6) is 0 Å². The minimum absolute atomic E-state index is 0.279. The summed E-state index contributed by atoms with van der Waals surface area (Å²) in [6.07, 6.45) is 0. The summed E-state index contributed by atoms with van der Waals surface area (Å²) in [5.41, 5.74) is 5.86. The molecule has 0 aliphatic carbocycles. The highest BCUT2D eigenvalue weighted by Crippen LogP contribution is 2.11. The fourth-order valence-corrected chi connectivity index (χ4v) is 1.06. The van der Waals surface area contributed by atoms with Crippen LogP contribution in [-0.4, -0.2) is 23.6 Å². The average Bonchev–Trinajstić information content (AvgIpc) is 2.15. The molecule has 0 saturated heterocycles. The Bertz CT molecular complexity index is 337. The van der Waals surface area contributed by atoms with E-state index in [1.54, 1.807) is 24.3 Å². The van der Waals surface area contributed by atoms with Crippen molar-refractivity contribution in [1.29, 1.82) is 5.41 Å². The van der Waals surface area contributed by atoms with Gasteiger partial charge in [-0.1, -0.05) is 18.2 Å². The van der Waals surface area contributed by atoms with Gasteiger partial charge in [-0.05, 0) is 12.1 Å². The number of carboxylic acid groups (broad SMARTS) is 1. The molecule has 4 N–H and O–H groups in total. The van der Waals surface area contributed by atoms with Crippen molar-refractivity contribution in [2.24, 2.45) is 5.73 Å². The number of hydrogen-bond donors (Lipinski definition) is 3. The molecule has 0 radical (unpaired) electrons. The fraction of sp³-hybridized carbons (Fsp3) is 0.111. The zero-order chi connectivity index (χ0) is 10.6. The molecule has 14 heavy (non-hydrogen) atoms. The van der Waals surface area contributed by atoms with Crippen LogP contribution in [0.1, 0.15) is 0 Å². The van der Waals surface area contributed by atoms with E-state index in [0.717, 1.165) is 0 Å². The van der Waals surface area contributed by atoms with Gasteiger partial charge in [-0.3, -0.25) is 10.2 Å². The summed E-state index contributed by atoms with van der Waals surface area (Å²) < 4.78 is 0. The van der Waals surface area contributed by atoms with Gasteiger partial charge >= 0.3 is 5.97 Å². The normalized spacial score (nSPS) is 9.43. The first-order valence-electron chi connectivity index (χ1n) is 3.99. The van der Waals surface area contributed by atoms with Crippen LogP contribution >= 0.6 is 0 Å². The van der Waals surface area contributed by atoms with Crippen molar-refractivity contribution in [3.8, 4) is 0 Å². The van der Waals surface area contributed by atoms with E-state index in [4.69, 9.17) is 16.2 Å². The highest BCUT2D eigenvalue weighted by Gasteiger charge is 2.12. The quantitative estimate of drug-likeness (QED) is 0.480. The molecule has 0 saturated carbocycles. The Morgan fingerprint density at radius 2 is 2.00 bits per heavy atom. The molecule has 0 heterocycles. The molecule has 0 unspecified atom stereocenters. The second kappa shape index (κ2) is 4.27.